The number of methoxy groups -OCH3 is 2. The molecule has 7 heteroatoms. The lowest BCUT2D eigenvalue weighted by molar-refractivity contribution is -0.147. The number of carbonyl (C=O) groups excluding carboxylic acids is 2. The van der Waals surface area contributed by atoms with Gasteiger partial charge in [-0.1, -0.05) is 0 Å². The topological polar surface area (TPSA) is 68.3 Å². The van der Waals surface area contributed by atoms with E-state index in [-0.39, 0.29) is 36.4 Å². The summed E-state index contributed by atoms with van der Waals surface area (Å²) < 4.78 is 16.3. The lowest BCUT2D eigenvalue weighted by Crippen LogP contribution is -2.50. The van der Waals surface area contributed by atoms with Crippen LogP contribution in [-0.4, -0.2) is 62.8 Å². The molecular formula is C19H26N2O5. The summed E-state index contributed by atoms with van der Waals surface area (Å²) in [6.07, 6.45) is 0.225. The number of anilines is 1. The van der Waals surface area contributed by atoms with Crippen LogP contribution in [0, 0.1) is 5.92 Å². The molecule has 2 saturated heterocycles. The molecule has 0 saturated carbocycles. The molecule has 1 aromatic carbocycles. The summed E-state index contributed by atoms with van der Waals surface area (Å²) in [4.78, 5) is 29.0. The minimum atomic E-state index is -0.351. The van der Waals surface area contributed by atoms with Crippen molar-refractivity contribution in [1.82, 2.24) is 4.90 Å². The van der Waals surface area contributed by atoms with E-state index in [1.165, 1.54) is 0 Å². The van der Waals surface area contributed by atoms with Gasteiger partial charge >= 0.3 is 0 Å². The highest BCUT2D eigenvalue weighted by Crippen LogP contribution is 2.36. The standard InChI is InChI=1S/C19H26N2O5/c1-12-9-20(10-13(2)26-12)19(23)14-7-18(22)21(11-14)16-8-15(24-3)5-6-17(16)25-4/h5-6,8,12-14H,7,9-11H2,1-4H3. The van der Waals surface area contributed by atoms with Gasteiger partial charge in [-0.05, 0) is 26.0 Å². The molecule has 3 rings (SSSR count). The SMILES string of the molecule is COc1ccc(OC)c(N2CC(C(=O)N3CC(C)OC(C)C3)CC2=O)c1. The van der Waals surface area contributed by atoms with Gasteiger partial charge in [0.2, 0.25) is 11.8 Å². The molecule has 0 spiro atoms. The van der Waals surface area contributed by atoms with Gasteiger partial charge < -0.3 is 24.0 Å². The Morgan fingerprint density at radius 3 is 2.42 bits per heavy atom. The second-order valence-corrected chi connectivity index (χ2v) is 6.94. The van der Waals surface area contributed by atoms with Crippen LogP contribution < -0.4 is 14.4 Å². The molecule has 2 fully saturated rings. The average Bonchev–Trinajstić information content (AvgIpc) is 3.01. The summed E-state index contributed by atoms with van der Waals surface area (Å²) >= 11 is 0. The maximum atomic E-state index is 12.9. The number of morpholine rings is 1. The van der Waals surface area contributed by atoms with E-state index in [0.29, 0.717) is 36.8 Å². The maximum Gasteiger partial charge on any atom is 0.228 e. The first-order valence-electron chi connectivity index (χ1n) is 8.89. The van der Waals surface area contributed by atoms with Crippen LogP contribution in [0.3, 0.4) is 0 Å². The van der Waals surface area contributed by atoms with Crippen molar-refractivity contribution in [2.24, 2.45) is 5.92 Å². The lowest BCUT2D eigenvalue weighted by atomic mass is 10.1. The minimum absolute atomic E-state index is 0.00869. The van der Waals surface area contributed by atoms with Gasteiger partial charge in [-0.2, -0.15) is 0 Å². The lowest BCUT2D eigenvalue weighted by Gasteiger charge is -2.36. The molecule has 0 aromatic heterocycles. The van der Waals surface area contributed by atoms with E-state index in [9.17, 15) is 9.59 Å². The third kappa shape index (κ3) is 3.62. The van der Waals surface area contributed by atoms with Gasteiger partial charge in [-0.3, -0.25) is 9.59 Å². The van der Waals surface area contributed by atoms with Gasteiger partial charge in [0, 0.05) is 32.1 Å². The molecule has 26 heavy (non-hydrogen) atoms. The number of hydrogen-bond acceptors (Lipinski definition) is 5. The van der Waals surface area contributed by atoms with Crippen LogP contribution in [0.5, 0.6) is 11.5 Å². The zero-order valence-corrected chi connectivity index (χ0v) is 15.7. The van der Waals surface area contributed by atoms with Gasteiger partial charge in [0.15, 0.2) is 0 Å². The Kier molecular flexibility index (Phi) is 5.36. The van der Waals surface area contributed by atoms with Crippen molar-refractivity contribution >= 4 is 17.5 Å². The number of benzene rings is 1. The van der Waals surface area contributed by atoms with E-state index in [2.05, 4.69) is 0 Å². The van der Waals surface area contributed by atoms with E-state index < -0.39 is 0 Å². The van der Waals surface area contributed by atoms with Crippen LogP contribution in [0.4, 0.5) is 5.69 Å². The molecule has 0 bridgehead atoms. The van der Waals surface area contributed by atoms with E-state index >= 15 is 0 Å². The Labute approximate surface area is 153 Å². The molecule has 142 valence electrons. The number of hydrogen-bond donors (Lipinski definition) is 0. The van der Waals surface area contributed by atoms with Crippen molar-refractivity contribution in [3.05, 3.63) is 18.2 Å². The second-order valence-electron chi connectivity index (χ2n) is 6.94. The highest BCUT2D eigenvalue weighted by molar-refractivity contribution is 6.01. The molecule has 3 atom stereocenters. The molecule has 3 unspecified atom stereocenters. The monoisotopic (exact) mass is 362 g/mol. The second kappa shape index (κ2) is 7.53. The molecule has 2 amide bonds. The van der Waals surface area contributed by atoms with Crippen molar-refractivity contribution in [1.29, 1.82) is 0 Å². The molecule has 0 N–H and O–H groups in total. The quantitative estimate of drug-likeness (QED) is 0.815. The summed E-state index contributed by atoms with van der Waals surface area (Å²) in [5.74, 6) is 0.810. The predicted molar refractivity (Wildman–Crippen MR) is 96.6 cm³/mol. The van der Waals surface area contributed by atoms with Crippen LogP contribution in [0.2, 0.25) is 0 Å². The largest absolute Gasteiger partial charge is 0.497 e. The first kappa shape index (κ1) is 18.5. The number of ether oxygens (including phenoxy) is 3. The normalized spacial score (nSPS) is 26.2. The predicted octanol–water partition coefficient (Wildman–Crippen LogP) is 1.69. The zero-order chi connectivity index (χ0) is 18.8. The van der Waals surface area contributed by atoms with E-state index in [0.717, 1.165) is 0 Å². The van der Waals surface area contributed by atoms with Crippen molar-refractivity contribution in [3.63, 3.8) is 0 Å². The Bertz CT molecular complexity index is 683. The van der Waals surface area contributed by atoms with Crippen LogP contribution in [0.1, 0.15) is 20.3 Å². The van der Waals surface area contributed by atoms with Gasteiger partial charge in [-0.15, -0.1) is 0 Å². The zero-order valence-electron chi connectivity index (χ0n) is 15.7. The molecular weight excluding hydrogens is 336 g/mol. The van der Waals surface area contributed by atoms with Crippen LogP contribution in [0.15, 0.2) is 18.2 Å². The average molecular weight is 362 g/mol. The Hall–Kier alpha value is -2.28. The van der Waals surface area contributed by atoms with Gasteiger partial charge in [0.05, 0.1) is 38.0 Å². The van der Waals surface area contributed by atoms with E-state index in [1.54, 1.807) is 37.3 Å². The summed E-state index contributed by atoms with van der Waals surface area (Å²) in [5.41, 5.74) is 0.635. The van der Waals surface area contributed by atoms with Crippen LogP contribution in [-0.2, 0) is 14.3 Å². The molecule has 2 aliphatic rings. The van der Waals surface area contributed by atoms with Crippen LogP contribution in [0.25, 0.3) is 0 Å². The number of carbonyl (C=O) groups is 2. The minimum Gasteiger partial charge on any atom is -0.497 e. The summed E-state index contributed by atoms with van der Waals surface area (Å²) in [6, 6.07) is 5.31. The van der Waals surface area contributed by atoms with Gasteiger partial charge in [0.25, 0.3) is 0 Å². The van der Waals surface area contributed by atoms with Gasteiger partial charge in [-0.25, -0.2) is 0 Å². The summed E-state index contributed by atoms with van der Waals surface area (Å²) in [5, 5.41) is 0. The van der Waals surface area contributed by atoms with Gasteiger partial charge in [0.1, 0.15) is 11.5 Å². The fourth-order valence-corrected chi connectivity index (χ4v) is 3.73. The first-order valence-corrected chi connectivity index (χ1v) is 8.89. The maximum absolute atomic E-state index is 12.9. The molecule has 7 nitrogen and oxygen atoms in total. The summed E-state index contributed by atoms with van der Waals surface area (Å²) in [6.45, 7) is 5.40. The Balaban J connectivity index is 1.77. The highest BCUT2D eigenvalue weighted by atomic mass is 16.5. The van der Waals surface area contributed by atoms with E-state index in [4.69, 9.17) is 14.2 Å². The Morgan fingerprint density at radius 2 is 1.81 bits per heavy atom. The van der Waals surface area contributed by atoms with E-state index in [1.807, 2.05) is 18.7 Å². The third-order valence-electron chi connectivity index (χ3n) is 4.88. The third-order valence-corrected chi connectivity index (χ3v) is 4.88. The first-order chi connectivity index (χ1) is 12.4. The highest BCUT2D eigenvalue weighted by Gasteiger charge is 2.39. The van der Waals surface area contributed by atoms with Crippen molar-refractivity contribution in [2.75, 3.05) is 38.8 Å². The van der Waals surface area contributed by atoms with Crippen LogP contribution >= 0.6 is 0 Å². The molecule has 2 aliphatic heterocycles. The Morgan fingerprint density at radius 1 is 1.12 bits per heavy atom. The number of nitrogens with zero attached hydrogens (tertiary/aromatic N) is 2. The summed E-state index contributed by atoms with van der Waals surface area (Å²) in [7, 11) is 3.13. The molecule has 0 radical (unpaired) electrons. The fraction of sp³-hybridized carbons (Fsp3) is 0.579. The van der Waals surface area contributed by atoms with Crippen molar-refractivity contribution < 1.29 is 23.8 Å². The van der Waals surface area contributed by atoms with Crippen molar-refractivity contribution in [3.8, 4) is 11.5 Å². The molecule has 0 aliphatic carbocycles. The number of rotatable bonds is 4. The fourth-order valence-electron chi connectivity index (χ4n) is 3.73. The van der Waals surface area contributed by atoms with Crippen molar-refractivity contribution in [2.45, 2.75) is 32.5 Å². The molecule has 1 aromatic rings. The smallest absolute Gasteiger partial charge is 0.228 e. The number of amides is 2. The molecule has 2 heterocycles.